The number of nitrogens with one attached hydrogen (secondary N) is 1. The van der Waals surface area contributed by atoms with Crippen LogP contribution in [0.3, 0.4) is 0 Å². The molecule has 1 aliphatic rings. The van der Waals surface area contributed by atoms with Crippen molar-refractivity contribution >= 4 is 21.8 Å². The highest BCUT2D eigenvalue weighted by atomic mass is 16.1. The summed E-state index contributed by atoms with van der Waals surface area (Å²) in [6.07, 6.45) is 8.90. The van der Waals surface area contributed by atoms with Crippen LogP contribution in [0.15, 0.2) is 65.7 Å². The lowest BCUT2D eigenvalue weighted by Gasteiger charge is -2.13. The van der Waals surface area contributed by atoms with Crippen molar-refractivity contribution in [2.45, 2.75) is 31.7 Å². The predicted molar refractivity (Wildman–Crippen MR) is 126 cm³/mol. The number of rotatable bonds is 3. The Morgan fingerprint density at radius 2 is 1.66 bits per heavy atom. The first-order valence-corrected chi connectivity index (χ1v) is 11.1. The molecular weight excluding hydrogens is 398 g/mol. The molecule has 3 heterocycles. The van der Waals surface area contributed by atoms with Crippen LogP contribution in [-0.4, -0.2) is 18.7 Å². The number of benzene rings is 2. The third-order valence-corrected chi connectivity index (χ3v) is 6.84. The first kappa shape index (κ1) is 18.8. The molecule has 2 aromatic carbocycles. The molecule has 0 bridgehead atoms. The number of hydrogen-bond acceptors (Lipinski definition) is 2. The second-order valence-corrected chi connectivity index (χ2v) is 8.65. The molecule has 0 unspecified atom stereocenters. The van der Waals surface area contributed by atoms with Gasteiger partial charge in [-0.1, -0.05) is 49.2 Å². The minimum atomic E-state index is -0.300. The molecule has 6 nitrogen and oxygen atoms in total. The van der Waals surface area contributed by atoms with E-state index in [1.807, 2.05) is 48.1 Å². The quantitative estimate of drug-likeness (QED) is 0.431. The van der Waals surface area contributed by atoms with E-state index < -0.39 is 0 Å². The van der Waals surface area contributed by atoms with Crippen LogP contribution in [-0.2, 0) is 7.05 Å². The van der Waals surface area contributed by atoms with Gasteiger partial charge in [0.15, 0.2) is 0 Å². The van der Waals surface area contributed by atoms with Crippen molar-refractivity contribution < 1.29 is 0 Å². The van der Waals surface area contributed by atoms with Gasteiger partial charge in [0.1, 0.15) is 11.8 Å². The van der Waals surface area contributed by atoms with Crippen LogP contribution in [0.5, 0.6) is 0 Å². The molecular formula is C26H23N5O. The van der Waals surface area contributed by atoms with Crippen LogP contribution < -0.4 is 5.69 Å². The van der Waals surface area contributed by atoms with Crippen molar-refractivity contribution in [3.8, 4) is 23.0 Å². The van der Waals surface area contributed by atoms with Gasteiger partial charge in [-0.3, -0.25) is 9.55 Å². The maximum absolute atomic E-state index is 13.2. The molecule has 158 valence electrons. The molecule has 1 saturated carbocycles. The van der Waals surface area contributed by atoms with E-state index >= 15 is 0 Å². The van der Waals surface area contributed by atoms with Crippen molar-refractivity contribution in [2.24, 2.45) is 7.05 Å². The molecule has 32 heavy (non-hydrogen) atoms. The van der Waals surface area contributed by atoms with E-state index in [4.69, 9.17) is 0 Å². The second-order valence-electron chi connectivity index (χ2n) is 8.65. The Labute approximate surface area is 184 Å². The van der Waals surface area contributed by atoms with Crippen LogP contribution in [0.4, 0.5) is 0 Å². The molecule has 0 atom stereocenters. The van der Waals surface area contributed by atoms with Crippen molar-refractivity contribution in [1.29, 1.82) is 5.26 Å². The fourth-order valence-corrected chi connectivity index (χ4v) is 5.38. The van der Waals surface area contributed by atoms with Gasteiger partial charge >= 0.3 is 5.69 Å². The lowest BCUT2D eigenvalue weighted by molar-refractivity contribution is 0.536. The normalized spacial score (nSPS) is 14.5. The number of para-hydroxylation sites is 2. The first-order valence-electron chi connectivity index (χ1n) is 11.1. The Hall–Kier alpha value is -3.98. The van der Waals surface area contributed by atoms with E-state index in [9.17, 15) is 10.1 Å². The summed E-state index contributed by atoms with van der Waals surface area (Å²) in [6, 6.07) is 19.0. The Kier molecular flexibility index (Phi) is 4.12. The van der Waals surface area contributed by atoms with Gasteiger partial charge in [0.2, 0.25) is 0 Å². The van der Waals surface area contributed by atoms with Gasteiger partial charge in [-0.15, -0.1) is 0 Å². The summed E-state index contributed by atoms with van der Waals surface area (Å²) < 4.78 is 6.03. The molecule has 1 aliphatic carbocycles. The molecule has 0 amide bonds. The zero-order valence-electron chi connectivity index (χ0n) is 17.9. The summed E-state index contributed by atoms with van der Waals surface area (Å²) in [4.78, 5) is 16.0. The molecule has 3 aromatic heterocycles. The van der Waals surface area contributed by atoms with Gasteiger partial charge in [-0.25, -0.2) is 4.79 Å². The second kappa shape index (κ2) is 7.03. The number of H-pyrrole nitrogens is 1. The van der Waals surface area contributed by atoms with Crippen LogP contribution in [0.2, 0.25) is 0 Å². The maximum Gasteiger partial charge on any atom is 0.331 e. The molecule has 6 rings (SSSR count). The lowest BCUT2D eigenvalue weighted by Crippen LogP contribution is -2.15. The average Bonchev–Trinajstić information content (AvgIpc) is 3.58. The maximum atomic E-state index is 13.2. The van der Waals surface area contributed by atoms with Gasteiger partial charge in [0, 0.05) is 52.9 Å². The molecule has 5 aromatic rings. The van der Waals surface area contributed by atoms with E-state index in [0.29, 0.717) is 11.7 Å². The minimum Gasteiger partial charge on any atom is -0.348 e. The lowest BCUT2D eigenvalue weighted by atomic mass is 10.1. The van der Waals surface area contributed by atoms with Gasteiger partial charge in [-0.2, -0.15) is 5.26 Å². The average molecular weight is 422 g/mol. The van der Waals surface area contributed by atoms with Crippen LogP contribution in [0.1, 0.15) is 37.4 Å². The SMILES string of the molecule is Cn1cc(-n2c(-c3cn(C4CCCC4)c4ccccc34)c(C#N)[nH]c2=O)c2ccccc21. The third kappa shape index (κ3) is 2.61. The smallest absolute Gasteiger partial charge is 0.331 e. The van der Waals surface area contributed by atoms with Crippen LogP contribution in [0, 0.1) is 11.3 Å². The highest BCUT2D eigenvalue weighted by Gasteiger charge is 2.26. The first-order chi connectivity index (χ1) is 15.7. The Bertz CT molecular complexity index is 1580. The Balaban J connectivity index is 1.69. The number of nitriles is 1. The summed E-state index contributed by atoms with van der Waals surface area (Å²) in [7, 11) is 1.97. The van der Waals surface area contributed by atoms with E-state index in [0.717, 1.165) is 45.9 Å². The van der Waals surface area contributed by atoms with E-state index in [1.165, 1.54) is 12.8 Å². The van der Waals surface area contributed by atoms with Gasteiger partial charge in [0.25, 0.3) is 0 Å². The monoisotopic (exact) mass is 421 g/mol. The van der Waals surface area contributed by atoms with E-state index in [2.05, 4.69) is 40.0 Å². The number of imidazole rings is 1. The molecule has 0 spiro atoms. The summed E-state index contributed by atoms with van der Waals surface area (Å²) >= 11 is 0. The van der Waals surface area contributed by atoms with Gasteiger partial charge < -0.3 is 9.13 Å². The molecule has 6 heteroatoms. The topological polar surface area (TPSA) is 71.4 Å². The molecule has 1 N–H and O–H groups in total. The van der Waals surface area contributed by atoms with Gasteiger partial charge in [0.05, 0.1) is 11.4 Å². The highest BCUT2D eigenvalue weighted by Crippen LogP contribution is 2.39. The summed E-state index contributed by atoms with van der Waals surface area (Å²) in [5.74, 6) is 0. The predicted octanol–water partition coefficient (Wildman–Crippen LogP) is 5.27. The van der Waals surface area contributed by atoms with Crippen molar-refractivity contribution in [2.75, 3.05) is 0 Å². The molecule has 0 saturated heterocycles. The summed E-state index contributed by atoms with van der Waals surface area (Å²) in [5, 5.41) is 12.0. The Morgan fingerprint density at radius 1 is 0.969 bits per heavy atom. The van der Waals surface area contributed by atoms with Crippen LogP contribution in [0.25, 0.3) is 38.8 Å². The Morgan fingerprint density at radius 3 is 2.41 bits per heavy atom. The zero-order valence-corrected chi connectivity index (χ0v) is 17.9. The molecule has 0 radical (unpaired) electrons. The van der Waals surface area contributed by atoms with Crippen molar-refractivity contribution in [3.05, 3.63) is 77.1 Å². The fraction of sp³-hybridized carbons (Fsp3) is 0.231. The molecule has 0 aliphatic heterocycles. The highest BCUT2D eigenvalue weighted by molar-refractivity contribution is 5.98. The zero-order chi connectivity index (χ0) is 21.8. The third-order valence-electron chi connectivity index (χ3n) is 6.84. The van der Waals surface area contributed by atoms with Gasteiger partial charge in [-0.05, 0) is 25.0 Å². The van der Waals surface area contributed by atoms with Crippen molar-refractivity contribution in [1.82, 2.24) is 18.7 Å². The van der Waals surface area contributed by atoms with Crippen LogP contribution >= 0.6 is 0 Å². The number of fused-ring (bicyclic) bond motifs is 2. The summed E-state index contributed by atoms with van der Waals surface area (Å²) in [5.41, 5.74) is 4.49. The van der Waals surface area contributed by atoms with E-state index in [-0.39, 0.29) is 11.4 Å². The summed E-state index contributed by atoms with van der Waals surface area (Å²) in [6.45, 7) is 0. The number of aromatic amines is 1. The number of aromatic nitrogens is 4. The standard InChI is InChI=1S/C26H23N5O/c1-29-16-24(19-11-5-6-12-22(19)29)31-25(21(14-27)28-26(31)32)20-15-30(17-8-2-3-9-17)23-13-7-4-10-18(20)23/h4-7,10-13,15-17H,2-3,8-9H2,1H3,(H,28,32). The fourth-order valence-electron chi connectivity index (χ4n) is 5.38. The number of hydrogen-bond donors (Lipinski definition) is 1. The van der Waals surface area contributed by atoms with Crippen molar-refractivity contribution in [3.63, 3.8) is 0 Å². The minimum absolute atomic E-state index is 0.289. The number of aryl methyl sites for hydroxylation is 1. The largest absolute Gasteiger partial charge is 0.348 e. The number of nitrogens with zero attached hydrogens (tertiary/aromatic N) is 4. The molecule has 1 fully saturated rings. The van der Waals surface area contributed by atoms with E-state index in [1.54, 1.807) is 4.57 Å².